The minimum absolute atomic E-state index is 0.178. The quantitative estimate of drug-likeness (QED) is 0.701. The molecule has 0 aliphatic carbocycles. The minimum atomic E-state index is 0.178. The largest absolute Gasteiger partial charge is 0.327 e. The zero-order valence-corrected chi connectivity index (χ0v) is 10.6. The molecule has 2 heterocycles. The van der Waals surface area contributed by atoms with Gasteiger partial charge in [-0.2, -0.15) is 0 Å². The standard InChI is InChI=1S/C17H14NO/c19-17-15-8-4-3-7-14(15)16-10-9-12-5-1-2-6-13(12)11-18(16)17/h1,3-8,16H,9-11H2. The molecule has 4 rings (SSSR count). The van der Waals surface area contributed by atoms with Crippen LogP contribution < -0.4 is 0 Å². The van der Waals surface area contributed by atoms with E-state index in [1.165, 1.54) is 16.7 Å². The van der Waals surface area contributed by atoms with Crippen molar-refractivity contribution >= 4 is 5.91 Å². The van der Waals surface area contributed by atoms with E-state index in [1.807, 2.05) is 35.2 Å². The highest BCUT2D eigenvalue weighted by Crippen LogP contribution is 2.39. The first-order valence-corrected chi connectivity index (χ1v) is 6.72. The van der Waals surface area contributed by atoms with Crippen LogP contribution in [-0.4, -0.2) is 10.8 Å². The lowest BCUT2D eigenvalue weighted by molar-refractivity contribution is 0.0709. The smallest absolute Gasteiger partial charge is 0.255 e. The molecule has 0 saturated heterocycles. The predicted molar refractivity (Wildman–Crippen MR) is 72.7 cm³/mol. The predicted octanol–water partition coefficient (Wildman–Crippen LogP) is 3.13. The number of hydrogen-bond donors (Lipinski definition) is 0. The summed E-state index contributed by atoms with van der Waals surface area (Å²) in [6, 6.07) is 17.5. The molecule has 2 aromatic rings. The molecule has 0 bridgehead atoms. The van der Waals surface area contributed by atoms with Crippen molar-refractivity contribution < 1.29 is 4.79 Å². The van der Waals surface area contributed by atoms with E-state index in [2.05, 4.69) is 18.2 Å². The number of benzene rings is 2. The zero-order chi connectivity index (χ0) is 12.8. The van der Waals surface area contributed by atoms with Crippen molar-refractivity contribution in [3.63, 3.8) is 0 Å². The molecule has 0 spiro atoms. The lowest BCUT2D eigenvalue weighted by Crippen LogP contribution is -2.26. The summed E-state index contributed by atoms with van der Waals surface area (Å²) < 4.78 is 0. The number of rotatable bonds is 0. The molecule has 1 atom stereocenters. The van der Waals surface area contributed by atoms with Gasteiger partial charge in [0.15, 0.2) is 0 Å². The van der Waals surface area contributed by atoms with Gasteiger partial charge < -0.3 is 4.90 Å². The number of fused-ring (bicyclic) bond motifs is 4. The number of amides is 1. The van der Waals surface area contributed by atoms with Crippen molar-refractivity contribution in [1.82, 2.24) is 4.90 Å². The molecule has 2 aromatic carbocycles. The Morgan fingerprint density at radius 3 is 3.00 bits per heavy atom. The van der Waals surface area contributed by atoms with E-state index in [-0.39, 0.29) is 11.9 Å². The first-order valence-electron chi connectivity index (χ1n) is 6.72. The third-order valence-corrected chi connectivity index (χ3v) is 4.27. The van der Waals surface area contributed by atoms with Crippen molar-refractivity contribution in [3.05, 3.63) is 70.8 Å². The van der Waals surface area contributed by atoms with Crippen LogP contribution in [0.2, 0.25) is 0 Å². The molecule has 1 amide bonds. The summed E-state index contributed by atoms with van der Waals surface area (Å²) in [4.78, 5) is 14.5. The third kappa shape index (κ3) is 1.53. The van der Waals surface area contributed by atoms with E-state index < -0.39 is 0 Å². The monoisotopic (exact) mass is 248 g/mol. The van der Waals surface area contributed by atoms with Gasteiger partial charge in [0.25, 0.3) is 5.91 Å². The highest BCUT2D eigenvalue weighted by molar-refractivity contribution is 5.99. The van der Waals surface area contributed by atoms with Gasteiger partial charge in [-0.1, -0.05) is 30.3 Å². The van der Waals surface area contributed by atoms with Crippen LogP contribution in [-0.2, 0) is 13.0 Å². The van der Waals surface area contributed by atoms with Gasteiger partial charge in [0.1, 0.15) is 0 Å². The molecular formula is C17H14NO. The van der Waals surface area contributed by atoms with Gasteiger partial charge in [0, 0.05) is 12.1 Å². The Balaban J connectivity index is 1.80. The first-order chi connectivity index (χ1) is 9.34. The fourth-order valence-corrected chi connectivity index (χ4v) is 3.30. The van der Waals surface area contributed by atoms with Crippen LogP contribution in [0.3, 0.4) is 0 Å². The number of nitrogens with zero attached hydrogens (tertiary/aromatic N) is 1. The lowest BCUT2D eigenvalue weighted by atomic mass is 9.98. The Morgan fingerprint density at radius 2 is 2.05 bits per heavy atom. The number of aryl methyl sites for hydroxylation is 1. The first kappa shape index (κ1) is 10.8. The maximum absolute atomic E-state index is 12.5. The maximum Gasteiger partial charge on any atom is 0.255 e. The van der Waals surface area contributed by atoms with Crippen molar-refractivity contribution in [3.8, 4) is 0 Å². The normalized spacial score (nSPS) is 20.5. The molecule has 2 aliphatic rings. The van der Waals surface area contributed by atoms with Crippen molar-refractivity contribution in [2.45, 2.75) is 25.4 Å². The fourth-order valence-electron chi connectivity index (χ4n) is 3.30. The number of carbonyl (C=O) groups is 1. The molecule has 1 unspecified atom stereocenters. The second kappa shape index (κ2) is 3.95. The van der Waals surface area contributed by atoms with Crippen LogP contribution in [0.1, 0.15) is 39.5 Å². The molecule has 0 fully saturated rings. The van der Waals surface area contributed by atoms with Crippen LogP contribution in [0.4, 0.5) is 0 Å². The van der Waals surface area contributed by atoms with Crippen LogP contribution in [0, 0.1) is 6.07 Å². The SMILES string of the molecule is O=C1c2ccccc2C2CCc3cc[c]cc3CN12. The van der Waals surface area contributed by atoms with Gasteiger partial charge in [0.05, 0.1) is 6.04 Å². The summed E-state index contributed by atoms with van der Waals surface area (Å²) in [5.74, 6) is 0.178. The summed E-state index contributed by atoms with van der Waals surface area (Å²) in [6.07, 6.45) is 2.05. The van der Waals surface area contributed by atoms with E-state index >= 15 is 0 Å². The highest BCUT2D eigenvalue weighted by atomic mass is 16.2. The van der Waals surface area contributed by atoms with Crippen molar-refractivity contribution in [1.29, 1.82) is 0 Å². The highest BCUT2D eigenvalue weighted by Gasteiger charge is 2.37. The molecule has 2 heteroatoms. The van der Waals surface area contributed by atoms with E-state index in [0.29, 0.717) is 6.54 Å². The Bertz CT molecular complexity index is 662. The van der Waals surface area contributed by atoms with Gasteiger partial charge in [-0.05, 0) is 47.7 Å². The summed E-state index contributed by atoms with van der Waals surface area (Å²) >= 11 is 0. The Morgan fingerprint density at radius 1 is 1.16 bits per heavy atom. The zero-order valence-electron chi connectivity index (χ0n) is 10.6. The third-order valence-electron chi connectivity index (χ3n) is 4.27. The van der Waals surface area contributed by atoms with Gasteiger partial charge in [-0.25, -0.2) is 0 Å². The summed E-state index contributed by atoms with van der Waals surface area (Å²) in [7, 11) is 0. The van der Waals surface area contributed by atoms with E-state index in [0.717, 1.165) is 18.4 Å². The van der Waals surface area contributed by atoms with Crippen molar-refractivity contribution in [2.24, 2.45) is 0 Å². The molecule has 93 valence electrons. The second-order valence-corrected chi connectivity index (χ2v) is 5.27. The fraction of sp³-hybridized carbons (Fsp3) is 0.235. The Kier molecular flexibility index (Phi) is 2.25. The van der Waals surface area contributed by atoms with Crippen LogP contribution >= 0.6 is 0 Å². The second-order valence-electron chi connectivity index (χ2n) is 5.27. The van der Waals surface area contributed by atoms with Crippen molar-refractivity contribution in [2.75, 3.05) is 0 Å². The van der Waals surface area contributed by atoms with Gasteiger partial charge >= 0.3 is 0 Å². The summed E-state index contributed by atoms with van der Waals surface area (Å²) in [5.41, 5.74) is 4.68. The Hall–Kier alpha value is -2.09. The molecule has 19 heavy (non-hydrogen) atoms. The van der Waals surface area contributed by atoms with Gasteiger partial charge in [-0.15, -0.1) is 0 Å². The molecule has 0 aromatic heterocycles. The number of hydrogen-bond acceptors (Lipinski definition) is 1. The average Bonchev–Trinajstić information content (AvgIpc) is 2.63. The van der Waals surface area contributed by atoms with Gasteiger partial charge in [0.2, 0.25) is 0 Å². The average molecular weight is 248 g/mol. The summed E-state index contributed by atoms with van der Waals surface area (Å²) in [5, 5.41) is 0. The molecule has 2 nitrogen and oxygen atoms in total. The van der Waals surface area contributed by atoms with Crippen LogP contribution in [0.15, 0.2) is 42.5 Å². The Labute approximate surface area is 112 Å². The number of carbonyl (C=O) groups excluding carboxylic acids is 1. The van der Waals surface area contributed by atoms with Gasteiger partial charge in [-0.3, -0.25) is 4.79 Å². The molecule has 2 aliphatic heterocycles. The topological polar surface area (TPSA) is 20.3 Å². The molecular weight excluding hydrogens is 234 g/mol. The minimum Gasteiger partial charge on any atom is -0.327 e. The maximum atomic E-state index is 12.5. The van der Waals surface area contributed by atoms with E-state index in [9.17, 15) is 4.79 Å². The molecule has 0 saturated carbocycles. The molecule has 1 radical (unpaired) electrons. The van der Waals surface area contributed by atoms with E-state index in [4.69, 9.17) is 0 Å². The lowest BCUT2D eigenvalue weighted by Gasteiger charge is -2.22. The van der Waals surface area contributed by atoms with Crippen LogP contribution in [0.25, 0.3) is 0 Å². The molecule has 0 N–H and O–H groups in total. The van der Waals surface area contributed by atoms with Crippen LogP contribution in [0.5, 0.6) is 0 Å². The van der Waals surface area contributed by atoms with E-state index in [1.54, 1.807) is 0 Å². The summed E-state index contributed by atoms with van der Waals surface area (Å²) in [6.45, 7) is 0.713.